The lowest BCUT2D eigenvalue weighted by Gasteiger charge is -2.12. The summed E-state index contributed by atoms with van der Waals surface area (Å²) in [7, 11) is 4.95. The Labute approximate surface area is 77.9 Å². The highest BCUT2D eigenvalue weighted by Crippen LogP contribution is 2.17. The molecular formula is C10H12NO2. The van der Waals surface area contributed by atoms with Crippen molar-refractivity contribution in [2.75, 3.05) is 21.2 Å². The molecule has 0 saturated carbocycles. The van der Waals surface area contributed by atoms with E-state index in [0.29, 0.717) is 11.3 Å². The van der Waals surface area contributed by atoms with Gasteiger partial charge in [0, 0.05) is 14.1 Å². The van der Waals surface area contributed by atoms with Crippen LogP contribution < -0.4 is 4.74 Å². The molecule has 0 saturated heterocycles. The van der Waals surface area contributed by atoms with Crippen LogP contribution in [0, 0.1) is 6.07 Å². The first kappa shape index (κ1) is 9.58. The fraction of sp³-hybridized carbons (Fsp3) is 0.300. The molecule has 0 heterocycles. The minimum Gasteiger partial charge on any atom is -0.496 e. The van der Waals surface area contributed by atoms with Crippen LogP contribution >= 0.6 is 0 Å². The zero-order valence-electron chi connectivity index (χ0n) is 8.00. The van der Waals surface area contributed by atoms with E-state index < -0.39 is 0 Å². The summed E-state index contributed by atoms with van der Waals surface area (Å²) < 4.78 is 5.04. The number of nitrogens with zero attached hydrogens (tertiary/aromatic N) is 1. The zero-order valence-corrected chi connectivity index (χ0v) is 8.00. The lowest BCUT2D eigenvalue weighted by atomic mass is 10.2. The summed E-state index contributed by atoms with van der Waals surface area (Å²) >= 11 is 0. The maximum atomic E-state index is 11.6. The molecule has 3 nitrogen and oxygen atoms in total. The molecule has 0 aliphatic rings. The van der Waals surface area contributed by atoms with E-state index in [-0.39, 0.29) is 5.91 Å². The maximum Gasteiger partial charge on any atom is 0.257 e. The number of rotatable bonds is 2. The summed E-state index contributed by atoms with van der Waals surface area (Å²) in [6, 6.07) is 7.89. The lowest BCUT2D eigenvalue weighted by Crippen LogP contribution is -2.22. The Bertz CT molecular complexity index is 308. The van der Waals surface area contributed by atoms with Crippen LogP contribution in [-0.4, -0.2) is 32.0 Å². The molecule has 0 aliphatic carbocycles. The van der Waals surface area contributed by atoms with Crippen LogP contribution in [0.2, 0.25) is 0 Å². The van der Waals surface area contributed by atoms with Gasteiger partial charge in [-0.2, -0.15) is 0 Å². The van der Waals surface area contributed by atoms with Crippen LogP contribution in [0.15, 0.2) is 18.2 Å². The third-order valence-electron chi connectivity index (χ3n) is 1.68. The SMILES string of the molecule is COc1c[c]ccc1C(=O)N(C)C. The van der Waals surface area contributed by atoms with Gasteiger partial charge >= 0.3 is 0 Å². The summed E-state index contributed by atoms with van der Waals surface area (Å²) in [6.45, 7) is 0. The van der Waals surface area contributed by atoms with Crippen molar-refractivity contribution in [2.45, 2.75) is 0 Å². The predicted octanol–water partition coefficient (Wildman–Crippen LogP) is 1.20. The number of carbonyl (C=O) groups excluding carboxylic acids is 1. The number of benzene rings is 1. The monoisotopic (exact) mass is 178 g/mol. The molecule has 0 atom stereocenters. The van der Waals surface area contributed by atoms with E-state index in [1.165, 1.54) is 12.0 Å². The van der Waals surface area contributed by atoms with Gasteiger partial charge in [-0.1, -0.05) is 6.07 Å². The summed E-state index contributed by atoms with van der Waals surface area (Å²) in [5.41, 5.74) is 0.561. The Hall–Kier alpha value is -1.51. The molecule has 0 aromatic heterocycles. The van der Waals surface area contributed by atoms with Gasteiger partial charge in [-0.3, -0.25) is 4.79 Å². The quantitative estimate of drug-likeness (QED) is 0.681. The highest BCUT2D eigenvalue weighted by molar-refractivity contribution is 5.96. The third kappa shape index (κ3) is 1.99. The smallest absolute Gasteiger partial charge is 0.257 e. The van der Waals surface area contributed by atoms with E-state index in [9.17, 15) is 4.79 Å². The van der Waals surface area contributed by atoms with E-state index in [4.69, 9.17) is 4.74 Å². The topological polar surface area (TPSA) is 29.5 Å². The fourth-order valence-electron chi connectivity index (χ4n) is 1.00. The van der Waals surface area contributed by atoms with Gasteiger partial charge in [0.15, 0.2) is 0 Å². The molecule has 0 unspecified atom stereocenters. The van der Waals surface area contributed by atoms with Gasteiger partial charge < -0.3 is 9.64 Å². The third-order valence-corrected chi connectivity index (χ3v) is 1.68. The van der Waals surface area contributed by atoms with Crippen molar-refractivity contribution in [3.8, 4) is 5.75 Å². The molecule has 1 radical (unpaired) electrons. The minimum absolute atomic E-state index is 0.0640. The molecule has 0 fully saturated rings. The zero-order chi connectivity index (χ0) is 9.84. The van der Waals surface area contributed by atoms with Gasteiger partial charge in [0.1, 0.15) is 5.75 Å². The van der Waals surface area contributed by atoms with E-state index in [1.807, 2.05) is 0 Å². The first-order valence-corrected chi connectivity index (χ1v) is 3.92. The first-order valence-electron chi connectivity index (χ1n) is 3.92. The molecule has 1 aromatic rings. The Morgan fingerprint density at radius 1 is 1.54 bits per heavy atom. The molecule has 0 N–H and O–H groups in total. The molecule has 69 valence electrons. The van der Waals surface area contributed by atoms with Crippen molar-refractivity contribution in [1.82, 2.24) is 4.90 Å². The van der Waals surface area contributed by atoms with Crippen molar-refractivity contribution >= 4 is 5.91 Å². The highest BCUT2D eigenvalue weighted by Gasteiger charge is 2.12. The van der Waals surface area contributed by atoms with E-state index in [0.717, 1.165) is 0 Å². The van der Waals surface area contributed by atoms with Crippen LogP contribution in [-0.2, 0) is 0 Å². The highest BCUT2D eigenvalue weighted by atomic mass is 16.5. The fourth-order valence-corrected chi connectivity index (χ4v) is 1.00. The van der Waals surface area contributed by atoms with Crippen molar-refractivity contribution in [3.63, 3.8) is 0 Å². The van der Waals surface area contributed by atoms with E-state index in [1.54, 1.807) is 32.3 Å². The largest absolute Gasteiger partial charge is 0.496 e. The summed E-state index contributed by atoms with van der Waals surface area (Å²) in [6.07, 6.45) is 0. The van der Waals surface area contributed by atoms with Crippen LogP contribution in [0.3, 0.4) is 0 Å². The summed E-state index contributed by atoms with van der Waals surface area (Å²) in [5, 5.41) is 0. The first-order chi connectivity index (χ1) is 6.16. The summed E-state index contributed by atoms with van der Waals surface area (Å²) in [5.74, 6) is 0.493. The maximum absolute atomic E-state index is 11.6. The van der Waals surface area contributed by atoms with Gasteiger partial charge in [0.2, 0.25) is 0 Å². The van der Waals surface area contributed by atoms with Gasteiger partial charge in [-0.15, -0.1) is 0 Å². The standard InChI is InChI=1S/C10H12NO2/c1-11(2)10(12)8-6-4-5-7-9(8)13-3/h4,6-7H,1-3H3. The molecule has 13 heavy (non-hydrogen) atoms. The average Bonchev–Trinajstić information content (AvgIpc) is 2.16. The van der Waals surface area contributed by atoms with E-state index in [2.05, 4.69) is 6.07 Å². The predicted molar refractivity (Wildman–Crippen MR) is 49.8 cm³/mol. The van der Waals surface area contributed by atoms with Crippen LogP contribution in [0.5, 0.6) is 5.75 Å². The Morgan fingerprint density at radius 2 is 2.23 bits per heavy atom. The number of amides is 1. The second-order valence-corrected chi connectivity index (χ2v) is 2.83. The van der Waals surface area contributed by atoms with Crippen molar-refractivity contribution in [2.24, 2.45) is 0 Å². The molecule has 0 aliphatic heterocycles. The number of hydrogen-bond acceptors (Lipinski definition) is 2. The molecule has 0 spiro atoms. The number of hydrogen-bond donors (Lipinski definition) is 0. The Kier molecular flexibility index (Phi) is 2.90. The molecular weight excluding hydrogens is 166 g/mol. The van der Waals surface area contributed by atoms with Crippen molar-refractivity contribution in [3.05, 3.63) is 29.8 Å². The average molecular weight is 178 g/mol. The van der Waals surface area contributed by atoms with Gasteiger partial charge in [-0.25, -0.2) is 0 Å². The summed E-state index contributed by atoms with van der Waals surface area (Å²) in [4.78, 5) is 13.1. The molecule has 1 rings (SSSR count). The number of methoxy groups -OCH3 is 1. The lowest BCUT2D eigenvalue weighted by molar-refractivity contribution is 0.0824. The van der Waals surface area contributed by atoms with Gasteiger partial charge in [0.25, 0.3) is 5.91 Å². The molecule has 0 bridgehead atoms. The van der Waals surface area contributed by atoms with Crippen molar-refractivity contribution < 1.29 is 9.53 Å². The van der Waals surface area contributed by atoms with Gasteiger partial charge in [0.05, 0.1) is 12.7 Å². The number of carbonyl (C=O) groups is 1. The molecule has 3 heteroatoms. The van der Waals surface area contributed by atoms with Crippen LogP contribution in [0.25, 0.3) is 0 Å². The van der Waals surface area contributed by atoms with Crippen molar-refractivity contribution in [1.29, 1.82) is 0 Å². The Morgan fingerprint density at radius 3 is 2.77 bits per heavy atom. The molecule has 1 aromatic carbocycles. The van der Waals surface area contributed by atoms with Gasteiger partial charge in [-0.05, 0) is 18.2 Å². The Balaban J connectivity index is 3.06. The second-order valence-electron chi connectivity index (χ2n) is 2.83. The second kappa shape index (κ2) is 3.94. The molecule has 1 amide bonds. The normalized spacial score (nSPS) is 9.46. The number of ether oxygens (including phenoxy) is 1. The minimum atomic E-state index is -0.0640. The van der Waals surface area contributed by atoms with E-state index >= 15 is 0 Å². The van der Waals surface area contributed by atoms with Crippen LogP contribution in [0.4, 0.5) is 0 Å². The van der Waals surface area contributed by atoms with Crippen LogP contribution in [0.1, 0.15) is 10.4 Å².